The topological polar surface area (TPSA) is 9.23 Å². The molecule has 1 unspecified atom stereocenters. The van der Waals surface area contributed by atoms with E-state index in [4.69, 9.17) is 4.74 Å². The molecule has 0 aromatic carbocycles. The molecule has 10 heavy (non-hydrogen) atoms. The van der Waals surface area contributed by atoms with E-state index >= 15 is 0 Å². The van der Waals surface area contributed by atoms with E-state index in [1.807, 2.05) is 0 Å². The fourth-order valence-corrected chi connectivity index (χ4v) is 1.45. The monoisotopic (exact) mass is 140 g/mol. The fraction of sp³-hybridized carbons (Fsp3) is 0.778. The summed E-state index contributed by atoms with van der Waals surface area (Å²) in [5.74, 6) is 0. The molecule has 1 nitrogen and oxygen atoms in total. The standard InChI is InChI=1S/C9H16O/c1-7-8(5-6-10-7)9(2,3)4/h5,7H,6H2,1-4H3. The van der Waals surface area contributed by atoms with Crippen molar-refractivity contribution in [3.8, 4) is 0 Å². The van der Waals surface area contributed by atoms with E-state index in [9.17, 15) is 0 Å². The number of hydrogen-bond acceptors (Lipinski definition) is 1. The molecule has 1 heterocycles. The number of ether oxygens (including phenoxy) is 1. The fourth-order valence-electron chi connectivity index (χ4n) is 1.45. The Bertz CT molecular complexity index is 151. The van der Waals surface area contributed by atoms with Gasteiger partial charge in [0.1, 0.15) is 0 Å². The molecule has 1 heteroatoms. The van der Waals surface area contributed by atoms with Crippen LogP contribution in [0.25, 0.3) is 0 Å². The van der Waals surface area contributed by atoms with Crippen LogP contribution in [0.2, 0.25) is 0 Å². The second-order valence-corrected chi connectivity index (χ2v) is 3.89. The Labute approximate surface area is 63.1 Å². The van der Waals surface area contributed by atoms with Crippen LogP contribution in [0.3, 0.4) is 0 Å². The van der Waals surface area contributed by atoms with Gasteiger partial charge < -0.3 is 4.74 Å². The van der Waals surface area contributed by atoms with Crippen molar-refractivity contribution in [1.29, 1.82) is 0 Å². The predicted octanol–water partition coefficient (Wildman–Crippen LogP) is 2.38. The van der Waals surface area contributed by atoms with Gasteiger partial charge in [-0.2, -0.15) is 0 Å². The van der Waals surface area contributed by atoms with E-state index in [0.717, 1.165) is 6.61 Å². The number of rotatable bonds is 0. The van der Waals surface area contributed by atoms with Crippen LogP contribution in [0.4, 0.5) is 0 Å². The smallest absolute Gasteiger partial charge is 0.0767 e. The molecule has 1 rings (SSSR count). The zero-order valence-corrected chi connectivity index (χ0v) is 7.27. The third-order valence-electron chi connectivity index (χ3n) is 1.95. The summed E-state index contributed by atoms with van der Waals surface area (Å²) in [5, 5.41) is 0. The second-order valence-electron chi connectivity index (χ2n) is 3.89. The Hall–Kier alpha value is -0.300. The third kappa shape index (κ3) is 1.40. The molecule has 0 saturated carbocycles. The van der Waals surface area contributed by atoms with Crippen LogP contribution in [0, 0.1) is 5.41 Å². The van der Waals surface area contributed by atoms with Gasteiger partial charge >= 0.3 is 0 Å². The largest absolute Gasteiger partial charge is 0.370 e. The molecule has 0 aromatic heterocycles. The minimum Gasteiger partial charge on any atom is -0.370 e. The van der Waals surface area contributed by atoms with Gasteiger partial charge in [0.2, 0.25) is 0 Å². The minimum absolute atomic E-state index is 0.288. The first-order valence-corrected chi connectivity index (χ1v) is 3.84. The summed E-state index contributed by atoms with van der Waals surface area (Å²) in [6.07, 6.45) is 2.53. The molecule has 0 spiro atoms. The van der Waals surface area contributed by atoms with Gasteiger partial charge in [-0.25, -0.2) is 0 Å². The molecule has 58 valence electrons. The van der Waals surface area contributed by atoms with E-state index in [1.165, 1.54) is 5.57 Å². The summed E-state index contributed by atoms with van der Waals surface area (Å²) in [4.78, 5) is 0. The average molecular weight is 140 g/mol. The van der Waals surface area contributed by atoms with Crippen molar-refractivity contribution in [2.75, 3.05) is 6.61 Å². The molecule has 0 radical (unpaired) electrons. The minimum atomic E-state index is 0.288. The first kappa shape index (κ1) is 7.80. The van der Waals surface area contributed by atoms with Crippen molar-refractivity contribution in [1.82, 2.24) is 0 Å². The summed E-state index contributed by atoms with van der Waals surface area (Å²) in [5.41, 5.74) is 1.73. The maximum Gasteiger partial charge on any atom is 0.0767 e. The van der Waals surface area contributed by atoms with E-state index in [-0.39, 0.29) is 5.41 Å². The Morgan fingerprint density at radius 2 is 2.10 bits per heavy atom. The van der Waals surface area contributed by atoms with Gasteiger partial charge in [0.15, 0.2) is 0 Å². The third-order valence-corrected chi connectivity index (χ3v) is 1.95. The van der Waals surface area contributed by atoms with E-state index in [2.05, 4.69) is 33.8 Å². The SMILES string of the molecule is CC1OCC=C1C(C)(C)C. The molecule has 1 aliphatic rings. The molecule has 1 atom stereocenters. The molecule has 0 aromatic rings. The predicted molar refractivity (Wildman–Crippen MR) is 43.0 cm³/mol. The van der Waals surface area contributed by atoms with Crippen molar-refractivity contribution in [3.63, 3.8) is 0 Å². The second kappa shape index (κ2) is 2.39. The molecule has 1 aliphatic heterocycles. The first-order valence-electron chi connectivity index (χ1n) is 3.84. The van der Waals surface area contributed by atoms with Crippen LogP contribution >= 0.6 is 0 Å². The maximum atomic E-state index is 5.40. The van der Waals surface area contributed by atoms with Crippen LogP contribution in [0.15, 0.2) is 11.6 Å². The van der Waals surface area contributed by atoms with E-state index < -0.39 is 0 Å². The zero-order chi connectivity index (χ0) is 7.78. The van der Waals surface area contributed by atoms with Crippen molar-refractivity contribution >= 4 is 0 Å². The van der Waals surface area contributed by atoms with Gasteiger partial charge in [-0.15, -0.1) is 0 Å². The normalized spacial score (nSPS) is 26.8. The van der Waals surface area contributed by atoms with Gasteiger partial charge in [-0.1, -0.05) is 26.8 Å². The van der Waals surface area contributed by atoms with Gasteiger partial charge in [0.05, 0.1) is 12.7 Å². The summed E-state index contributed by atoms with van der Waals surface area (Å²) in [7, 11) is 0. The van der Waals surface area contributed by atoms with Crippen LogP contribution < -0.4 is 0 Å². The van der Waals surface area contributed by atoms with Gasteiger partial charge in [-0.3, -0.25) is 0 Å². The highest BCUT2D eigenvalue weighted by Crippen LogP contribution is 2.31. The Morgan fingerprint density at radius 3 is 2.30 bits per heavy atom. The lowest BCUT2D eigenvalue weighted by Crippen LogP contribution is -2.17. The van der Waals surface area contributed by atoms with Crippen molar-refractivity contribution in [2.24, 2.45) is 5.41 Å². The summed E-state index contributed by atoms with van der Waals surface area (Å²) >= 11 is 0. The summed E-state index contributed by atoms with van der Waals surface area (Å²) < 4.78 is 5.40. The highest BCUT2D eigenvalue weighted by atomic mass is 16.5. The zero-order valence-electron chi connectivity index (χ0n) is 7.27. The molecule has 0 N–H and O–H groups in total. The lowest BCUT2D eigenvalue weighted by atomic mass is 9.84. The quantitative estimate of drug-likeness (QED) is 0.469. The Kier molecular flexibility index (Phi) is 1.86. The summed E-state index contributed by atoms with van der Waals surface area (Å²) in [6.45, 7) is 9.59. The maximum absolute atomic E-state index is 5.40. The summed E-state index contributed by atoms with van der Waals surface area (Å²) in [6, 6.07) is 0. The Balaban J connectivity index is 2.72. The van der Waals surface area contributed by atoms with Crippen LogP contribution in [0.5, 0.6) is 0 Å². The van der Waals surface area contributed by atoms with E-state index in [1.54, 1.807) is 0 Å². The molecule has 0 saturated heterocycles. The van der Waals surface area contributed by atoms with Gasteiger partial charge in [-0.05, 0) is 17.9 Å². The first-order chi connectivity index (χ1) is 4.52. The average Bonchev–Trinajstić information content (AvgIpc) is 2.11. The molecule has 0 bridgehead atoms. The molecule has 0 aliphatic carbocycles. The van der Waals surface area contributed by atoms with E-state index in [0.29, 0.717) is 6.10 Å². The van der Waals surface area contributed by atoms with Crippen LogP contribution in [-0.4, -0.2) is 12.7 Å². The highest BCUT2D eigenvalue weighted by Gasteiger charge is 2.25. The Morgan fingerprint density at radius 1 is 1.50 bits per heavy atom. The van der Waals surface area contributed by atoms with Crippen LogP contribution in [-0.2, 0) is 4.74 Å². The van der Waals surface area contributed by atoms with Gasteiger partial charge in [0.25, 0.3) is 0 Å². The lowest BCUT2D eigenvalue weighted by Gasteiger charge is -2.23. The molecular formula is C9H16O. The van der Waals surface area contributed by atoms with Crippen molar-refractivity contribution < 1.29 is 4.74 Å². The van der Waals surface area contributed by atoms with Crippen molar-refractivity contribution in [3.05, 3.63) is 11.6 Å². The van der Waals surface area contributed by atoms with Gasteiger partial charge in [0, 0.05) is 0 Å². The lowest BCUT2D eigenvalue weighted by molar-refractivity contribution is 0.125. The molecule has 0 amide bonds. The number of hydrogen-bond donors (Lipinski definition) is 0. The highest BCUT2D eigenvalue weighted by molar-refractivity contribution is 5.18. The van der Waals surface area contributed by atoms with Crippen molar-refractivity contribution in [2.45, 2.75) is 33.8 Å². The molecular weight excluding hydrogens is 124 g/mol. The van der Waals surface area contributed by atoms with Crippen LogP contribution in [0.1, 0.15) is 27.7 Å². The molecule has 0 fully saturated rings.